The molecule has 1 amide bonds. The number of hydrogen-bond acceptors (Lipinski definition) is 3. The minimum absolute atomic E-state index is 0.0158. The Balaban J connectivity index is 2.25. The third-order valence-electron chi connectivity index (χ3n) is 4.23. The van der Waals surface area contributed by atoms with Crippen LogP contribution in [-0.4, -0.2) is 26.4 Å². The minimum atomic E-state index is -3.62. The summed E-state index contributed by atoms with van der Waals surface area (Å²) in [6, 6.07) is 4.98. The van der Waals surface area contributed by atoms with E-state index in [1.54, 1.807) is 23.1 Å². The zero-order valence-corrected chi connectivity index (χ0v) is 17.0. The van der Waals surface area contributed by atoms with Crippen LogP contribution in [0.4, 0.5) is 5.69 Å². The molecular weight excluding hydrogens is 336 g/mol. The summed E-state index contributed by atoms with van der Waals surface area (Å²) in [5.41, 5.74) is 1.07. The van der Waals surface area contributed by atoms with Crippen LogP contribution in [0.15, 0.2) is 23.1 Å². The number of benzene rings is 1. The van der Waals surface area contributed by atoms with Gasteiger partial charge in [0.2, 0.25) is 15.9 Å². The van der Waals surface area contributed by atoms with Crippen LogP contribution in [0.5, 0.6) is 0 Å². The van der Waals surface area contributed by atoms with Crippen molar-refractivity contribution in [1.29, 1.82) is 0 Å². The van der Waals surface area contributed by atoms with E-state index in [4.69, 9.17) is 0 Å². The molecule has 1 heterocycles. The summed E-state index contributed by atoms with van der Waals surface area (Å²) in [6.45, 7) is 12.6. The van der Waals surface area contributed by atoms with Gasteiger partial charge in [-0.1, -0.05) is 20.8 Å². The molecule has 0 bridgehead atoms. The van der Waals surface area contributed by atoms with Crippen molar-refractivity contribution in [3.63, 3.8) is 0 Å². The standard InChI is InChI=1S/C19H30N2O3S/c1-14-12-15(9-10-16(14)21-11-7-8-17(21)22)25(23,24)20-19(5,6)13-18(2,3)4/h9-10,12,20H,7-8,11,13H2,1-6H3. The molecule has 1 aromatic rings. The van der Waals surface area contributed by atoms with Gasteiger partial charge in [0.05, 0.1) is 4.90 Å². The number of nitrogens with zero attached hydrogens (tertiary/aromatic N) is 1. The number of aryl methyl sites for hydroxylation is 1. The molecule has 0 aliphatic carbocycles. The van der Waals surface area contributed by atoms with Gasteiger partial charge in [-0.15, -0.1) is 0 Å². The summed E-state index contributed by atoms with van der Waals surface area (Å²) in [5.74, 6) is 0.100. The maximum absolute atomic E-state index is 12.8. The average Bonchev–Trinajstić information content (AvgIpc) is 2.80. The molecule has 0 saturated carbocycles. The Morgan fingerprint density at radius 1 is 1.16 bits per heavy atom. The molecule has 140 valence electrons. The topological polar surface area (TPSA) is 66.5 Å². The zero-order valence-electron chi connectivity index (χ0n) is 16.1. The lowest BCUT2D eigenvalue weighted by Crippen LogP contribution is -2.45. The minimum Gasteiger partial charge on any atom is -0.312 e. The Hall–Kier alpha value is -1.40. The summed E-state index contributed by atoms with van der Waals surface area (Å²) in [4.78, 5) is 13.9. The van der Waals surface area contributed by atoms with Crippen LogP contribution in [-0.2, 0) is 14.8 Å². The van der Waals surface area contributed by atoms with Crippen LogP contribution < -0.4 is 9.62 Å². The monoisotopic (exact) mass is 366 g/mol. The smallest absolute Gasteiger partial charge is 0.241 e. The quantitative estimate of drug-likeness (QED) is 0.865. The van der Waals surface area contributed by atoms with Gasteiger partial charge in [0.1, 0.15) is 0 Å². The highest BCUT2D eigenvalue weighted by Gasteiger charge is 2.31. The Kier molecular flexibility index (Phi) is 5.36. The van der Waals surface area contributed by atoms with Crippen LogP contribution in [0.3, 0.4) is 0 Å². The third kappa shape index (κ3) is 5.05. The summed E-state index contributed by atoms with van der Waals surface area (Å²) in [5, 5.41) is 0. The summed E-state index contributed by atoms with van der Waals surface area (Å²) >= 11 is 0. The number of carbonyl (C=O) groups is 1. The van der Waals surface area contributed by atoms with Gasteiger partial charge in [0.15, 0.2) is 0 Å². The Morgan fingerprint density at radius 3 is 2.28 bits per heavy atom. The fourth-order valence-electron chi connectivity index (χ4n) is 3.79. The van der Waals surface area contributed by atoms with Crippen molar-refractivity contribution >= 4 is 21.6 Å². The number of sulfonamides is 1. The molecule has 25 heavy (non-hydrogen) atoms. The average molecular weight is 367 g/mol. The van der Waals surface area contributed by atoms with E-state index in [0.29, 0.717) is 13.0 Å². The molecule has 1 aromatic carbocycles. The number of rotatable bonds is 5. The zero-order chi connectivity index (χ0) is 19.0. The number of amides is 1. The van der Waals surface area contributed by atoms with E-state index in [9.17, 15) is 13.2 Å². The lowest BCUT2D eigenvalue weighted by atomic mass is 9.82. The van der Waals surface area contributed by atoms with Crippen molar-refractivity contribution in [1.82, 2.24) is 4.72 Å². The Morgan fingerprint density at radius 2 is 1.80 bits per heavy atom. The number of hydrogen-bond donors (Lipinski definition) is 1. The van der Waals surface area contributed by atoms with Gasteiger partial charge in [0, 0.05) is 24.2 Å². The maximum atomic E-state index is 12.8. The van der Waals surface area contributed by atoms with Crippen LogP contribution in [0.2, 0.25) is 0 Å². The lowest BCUT2D eigenvalue weighted by molar-refractivity contribution is -0.117. The molecule has 0 aromatic heterocycles. The molecule has 6 heteroatoms. The first kappa shape index (κ1) is 19.9. The molecule has 0 atom stereocenters. The second-order valence-corrected chi connectivity index (χ2v) is 10.5. The summed E-state index contributed by atoms with van der Waals surface area (Å²) in [6.07, 6.45) is 2.13. The molecule has 1 N–H and O–H groups in total. The van der Waals surface area contributed by atoms with E-state index in [0.717, 1.165) is 24.1 Å². The molecule has 0 radical (unpaired) electrons. The molecule has 2 rings (SSSR count). The van der Waals surface area contributed by atoms with Crippen LogP contribution in [0.1, 0.15) is 59.4 Å². The normalized spacial score (nSPS) is 16.6. The molecule has 1 aliphatic heterocycles. The predicted octanol–water partition coefficient (Wildman–Crippen LogP) is 3.61. The van der Waals surface area contributed by atoms with Gasteiger partial charge in [-0.05, 0) is 62.8 Å². The van der Waals surface area contributed by atoms with Crippen LogP contribution in [0, 0.1) is 12.3 Å². The highest BCUT2D eigenvalue weighted by Crippen LogP contribution is 2.30. The fourth-order valence-corrected chi connectivity index (χ4v) is 5.28. The number of carbonyl (C=O) groups excluding carboxylic acids is 1. The summed E-state index contributed by atoms with van der Waals surface area (Å²) < 4.78 is 28.4. The van der Waals surface area contributed by atoms with Gasteiger partial charge < -0.3 is 4.90 Å². The van der Waals surface area contributed by atoms with Crippen molar-refractivity contribution in [3.05, 3.63) is 23.8 Å². The molecule has 5 nitrogen and oxygen atoms in total. The second kappa shape index (κ2) is 6.72. The second-order valence-electron chi connectivity index (χ2n) is 8.82. The molecule has 1 fully saturated rings. The molecule has 0 unspecified atom stereocenters. The number of nitrogens with one attached hydrogen (secondary N) is 1. The van der Waals surface area contributed by atoms with E-state index >= 15 is 0 Å². The molecule has 1 aliphatic rings. The number of anilines is 1. The van der Waals surface area contributed by atoms with Crippen molar-refractivity contribution in [2.75, 3.05) is 11.4 Å². The van der Waals surface area contributed by atoms with E-state index in [1.807, 2.05) is 20.8 Å². The lowest BCUT2D eigenvalue weighted by Gasteiger charge is -2.33. The van der Waals surface area contributed by atoms with Gasteiger partial charge in [-0.3, -0.25) is 4.79 Å². The van der Waals surface area contributed by atoms with Crippen molar-refractivity contribution in [3.8, 4) is 0 Å². The largest absolute Gasteiger partial charge is 0.312 e. The highest BCUT2D eigenvalue weighted by molar-refractivity contribution is 7.89. The van der Waals surface area contributed by atoms with E-state index < -0.39 is 15.6 Å². The first-order valence-electron chi connectivity index (χ1n) is 8.76. The maximum Gasteiger partial charge on any atom is 0.241 e. The first-order chi connectivity index (χ1) is 11.3. The van der Waals surface area contributed by atoms with Crippen molar-refractivity contribution in [2.24, 2.45) is 5.41 Å². The van der Waals surface area contributed by atoms with Crippen molar-refractivity contribution < 1.29 is 13.2 Å². The highest BCUT2D eigenvalue weighted by atomic mass is 32.2. The van der Waals surface area contributed by atoms with E-state index in [1.165, 1.54) is 0 Å². The van der Waals surface area contributed by atoms with Gasteiger partial charge in [0.25, 0.3) is 0 Å². The fraction of sp³-hybridized carbons (Fsp3) is 0.632. The summed E-state index contributed by atoms with van der Waals surface area (Å²) in [7, 11) is -3.62. The van der Waals surface area contributed by atoms with Gasteiger partial charge in [-0.25, -0.2) is 13.1 Å². The Labute approximate surface area is 151 Å². The van der Waals surface area contributed by atoms with Gasteiger partial charge >= 0.3 is 0 Å². The van der Waals surface area contributed by atoms with Crippen molar-refractivity contribution in [2.45, 2.75) is 71.2 Å². The predicted molar refractivity (Wildman–Crippen MR) is 101 cm³/mol. The first-order valence-corrected chi connectivity index (χ1v) is 10.2. The third-order valence-corrected chi connectivity index (χ3v) is 5.92. The Bertz CT molecular complexity index is 761. The van der Waals surface area contributed by atoms with Crippen LogP contribution in [0.25, 0.3) is 0 Å². The molecule has 0 spiro atoms. The molecular formula is C19H30N2O3S. The van der Waals surface area contributed by atoms with Gasteiger partial charge in [-0.2, -0.15) is 0 Å². The van der Waals surface area contributed by atoms with E-state index in [2.05, 4.69) is 25.5 Å². The SMILES string of the molecule is Cc1cc(S(=O)(=O)NC(C)(C)CC(C)(C)C)ccc1N1CCCC1=O. The van der Waals surface area contributed by atoms with Crippen LogP contribution >= 0.6 is 0 Å². The molecule has 1 saturated heterocycles. The van der Waals surface area contributed by atoms with E-state index in [-0.39, 0.29) is 16.2 Å².